The Balaban J connectivity index is 1.88. The highest BCUT2D eigenvalue weighted by Gasteiger charge is 2.13. The van der Waals surface area contributed by atoms with E-state index in [0.717, 1.165) is 28.9 Å². The van der Waals surface area contributed by atoms with Gasteiger partial charge in [-0.3, -0.25) is 0 Å². The number of aryl methyl sites for hydroxylation is 2. The normalized spacial score (nSPS) is 10.7. The number of allylic oxidation sites excluding steroid dienone is 1. The average molecular weight is 369 g/mol. The van der Waals surface area contributed by atoms with Crippen molar-refractivity contribution in [2.45, 2.75) is 25.2 Å². The van der Waals surface area contributed by atoms with Gasteiger partial charge in [-0.2, -0.15) is 4.72 Å². The molecule has 0 unspecified atom stereocenters. The monoisotopic (exact) mass is 369 g/mol. The van der Waals surface area contributed by atoms with E-state index in [-0.39, 0.29) is 18.0 Å². The van der Waals surface area contributed by atoms with Crippen LogP contribution in [0.1, 0.15) is 16.7 Å². The standard InChI is InChI=1S/C21H23NO3S/c1-4-9-19-10-5-6-11-21(19)25-15-8-7-14-22-26(23,24)20-13-12-17(2)18(3)16-20/h4-6,10-13,16,22H,1,9,14-15H2,2-3H3. The van der Waals surface area contributed by atoms with E-state index in [1.165, 1.54) is 0 Å². The van der Waals surface area contributed by atoms with Gasteiger partial charge in [0.1, 0.15) is 12.4 Å². The molecule has 0 saturated carbocycles. The SMILES string of the molecule is C=CCc1ccccc1OCC#CCNS(=O)(=O)c1ccc(C)c(C)c1. The summed E-state index contributed by atoms with van der Waals surface area (Å²) in [4.78, 5) is 0.247. The molecule has 136 valence electrons. The Morgan fingerprint density at radius 1 is 1.12 bits per heavy atom. The van der Waals surface area contributed by atoms with Crippen molar-refractivity contribution in [3.8, 4) is 17.6 Å². The van der Waals surface area contributed by atoms with Gasteiger partial charge in [0.15, 0.2) is 0 Å². The Labute approximate surface area is 156 Å². The van der Waals surface area contributed by atoms with Crippen molar-refractivity contribution in [1.29, 1.82) is 0 Å². The first-order valence-electron chi connectivity index (χ1n) is 8.28. The molecule has 0 amide bonds. The highest BCUT2D eigenvalue weighted by atomic mass is 32.2. The van der Waals surface area contributed by atoms with E-state index in [0.29, 0.717) is 0 Å². The maximum atomic E-state index is 12.2. The first-order chi connectivity index (χ1) is 12.4. The lowest BCUT2D eigenvalue weighted by molar-refractivity contribution is 0.366. The van der Waals surface area contributed by atoms with Crippen molar-refractivity contribution >= 4 is 10.0 Å². The second-order valence-electron chi connectivity index (χ2n) is 5.81. The van der Waals surface area contributed by atoms with Gasteiger partial charge in [-0.1, -0.05) is 42.2 Å². The Morgan fingerprint density at radius 3 is 2.62 bits per heavy atom. The van der Waals surface area contributed by atoms with Crippen molar-refractivity contribution in [3.63, 3.8) is 0 Å². The van der Waals surface area contributed by atoms with Crippen molar-refractivity contribution < 1.29 is 13.2 Å². The number of para-hydroxylation sites is 1. The van der Waals surface area contributed by atoms with Gasteiger partial charge in [-0.15, -0.1) is 6.58 Å². The highest BCUT2D eigenvalue weighted by molar-refractivity contribution is 7.89. The fourth-order valence-corrected chi connectivity index (χ4v) is 3.30. The van der Waals surface area contributed by atoms with Gasteiger partial charge >= 0.3 is 0 Å². The van der Waals surface area contributed by atoms with E-state index in [1.54, 1.807) is 18.2 Å². The Hall–Kier alpha value is -2.55. The number of hydrogen-bond acceptors (Lipinski definition) is 3. The Morgan fingerprint density at radius 2 is 1.88 bits per heavy atom. The number of ether oxygens (including phenoxy) is 1. The quantitative estimate of drug-likeness (QED) is 0.601. The summed E-state index contributed by atoms with van der Waals surface area (Å²) < 4.78 is 32.6. The summed E-state index contributed by atoms with van der Waals surface area (Å²) in [6.45, 7) is 7.78. The van der Waals surface area contributed by atoms with Gasteiger partial charge in [0, 0.05) is 0 Å². The molecule has 0 atom stereocenters. The summed E-state index contributed by atoms with van der Waals surface area (Å²) in [5, 5.41) is 0. The topological polar surface area (TPSA) is 55.4 Å². The zero-order chi connectivity index (χ0) is 19.0. The average Bonchev–Trinajstić information content (AvgIpc) is 2.61. The molecule has 2 aromatic rings. The van der Waals surface area contributed by atoms with E-state index >= 15 is 0 Å². The maximum absolute atomic E-state index is 12.2. The number of rotatable bonds is 7. The lowest BCUT2D eigenvalue weighted by Gasteiger charge is -2.07. The summed E-state index contributed by atoms with van der Waals surface area (Å²) in [5.41, 5.74) is 3.03. The van der Waals surface area contributed by atoms with Crippen molar-refractivity contribution in [2.24, 2.45) is 0 Å². The minimum Gasteiger partial charge on any atom is -0.481 e. The fourth-order valence-electron chi connectivity index (χ4n) is 2.29. The first-order valence-corrected chi connectivity index (χ1v) is 9.76. The number of benzene rings is 2. The molecule has 26 heavy (non-hydrogen) atoms. The predicted octanol–water partition coefficient (Wildman–Crippen LogP) is 3.39. The molecule has 0 aliphatic rings. The summed E-state index contributed by atoms with van der Waals surface area (Å²) in [6, 6.07) is 12.7. The Kier molecular flexibility index (Phi) is 7.02. The molecule has 0 aromatic heterocycles. The van der Waals surface area contributed by atoms with Crippen LogP contribution in [0.4, 0.5) is 0 Å². The third kappa shape index (κ3) is 5.48. The van der Waals surface area contributed by atoms with Crippen LogP contribution in [0.2, 0.25) is 0 Å². The molecule has 0 fully saturated rings. The largest absolute Gasteiger partial charge is 0.481 e. The fraction of sp³-hybridized carbons (Fsp3) is 0.238. The van der Waals surface area contributed by atoms with Crippen LogP contribution in [-0.4, -0.2) is 21.6 Å². The van der Waals surface area contributed by atoms with E-state index in [2.05, 4.69) is 23.1 Å². The minimum absolute atomic E-state index is 0.0346. The molecule has 4 nitrogen and oxygen atoms in total. The second-order valence-corrected chi connectivity index (χ2v) is 7.58. The van der Waals surface area contributed by atoms with Crippen LogP contribution in [0, 0.1) is 25.7 Å². The van der Waals surface area contributed by atoms with Crippen LogP contribution in [0.5, 0.6) is 5.75 Å². The molecule has 2 aromatic carbocycles. The number of hydrogen-bond donors (Lipinski definition) is 1. The van der Waals surface area contributed by atoms with Crippen LogP contribution in [0.25, 0.3) is 0 Å². The van der Waals surface area contributed by atoms with E-state index in [1.807, 2.05) is 44.2 Å². The molecule has 5 heteroatoms. The molecule has 0 aliphatic heterocycles. The zero-order valence-corrected chi connectivity index (χ0v) is 15.9. The maximum Gasteiger partial charge on any atom is 0.241 e. The summed E-state index contributed by atoms with van der Waals surface area (Å²) in [7, 11) is -3.56. The van der Waals surface area contributed by atoms with Gasteiger partial charge < -0.3 is 4.74 Å². The molecule has 0 aliphatic carbocycles. The molecule has 0 saturated heterocycles. The first kappa shape index (κ1) is 19.8. The number of nitrogens with one attached hydrogen (secondary N) is 1. The predicted molar refractivity (Wildman–Crippen MR) is 105 cm³/mol. The van der Waals surface area contributed by atoms with Crippen molar-refractivity contribution in [2.75, 3.05) is 13.2 Å². The summed E-state index contributed by atoms with van der Waals surface area (Å²) >= 11 is 0. The highest BCUT2D eigenvalue weighted by Crippen LogP contribution is 2.18. The number of sulfonamides is 1. The lowest BCUT2D eigenvalue weighted by Crippen LogP contribution is -2.24. The Bertz CT molecular complexity index is 937. The minimum atomic E-state index is -3.56. The second kappa shape index (κ2) is 9.23. The molecule has 0 bridgehead atoms. The molecule has 0 radical (unpaired) electrons. The smallest absolute Gasteiger partial charge is 0.241 e. The van der Waals surface area contributed by atoms with Crippen LogP contribution in [-0.2, 0) is 16.4 Å². The van der Waals surface area contributed by atoms with Gasteiger partial charge in [0.2, 0.25) is 10.0 Å². The van der Waals surface area contributed by atoms with Crippen LogP contribution in [0.3, 0.4) is 0 Å². The van der Waals surface area contributed by atoms with Gasteiger partial charge in [0.25, 0.3) is 0 Å². The van der Waals surface area contributed by atoms with Crippen molar-refractivity contribution in [1.82, 2.24) is 4.72 Å². The van der Waals surface area contributed by atoms with E-state index in [4.69, 9.17) is 4.74 Å². The third-order valence-corrected chi connectivity index (χ3v) is 5.30. The molecule has 2 rings (SSSR count). The van der Waals surface area contributed by atoms with E-state index in [9.17, 15) is 8.42 Å². The summed E-state index contributed by atoms with van der Waals surface area (Å²) in [6.07, 6.45) is 2.54. The lowest BCUT2D eigenvalue weighted by atomic mass is 10.1. The summed E-state index contributed by atoms with van der Waals surface area (Å²) in [5.74, 6) is 6.36. The zero-order valence-electron chi connectivity index (χ0n) is 15.1. The van der Waals surface area contributed by atoms with Crippen LogP contribution < -0.4 is 9.46 Å². The van der Waals surface area contributed by atoms with Crippen LogP contribution in [0.15, 0.2) is 60.0 Å². The van der Waals surface area contributed by atoms with Gasteiger partial charge in [-0.25, -0.2) is 8.42 Å². The molecule has 1 N–H and O–H groups in total. The van der Waals surface area contributed by atoms with E-state index < -0.39 is 10.0 Å². The molecular formula is C21H23NO3S. The molecule has 0 heterocycles. The molecule has 0 spiro atoms. The third-order valence-electron chi connectivity index (χ3n) is 3.90. The van der Waals surface area contributed by atoms with Gasteiger partial charge in [0.05, 0.1) is 11.4 Å². The van der Waals surface area contributed by atoms with Gasteiger partial charge in [-0.05, 0) is 55.2 Å². The molecular weight excluding hydrogens is 346 g/mol. The van der Waals surface area contributed by atoms with Crippen LogP contribution >= 0.6 is 0 Å². The van der Waals surface area contributed by atoms with Crippen molar-refractivity contribution in [3.05, 3.63) is 71.8 Å².